The smallest absolute Gasteiger partial charge is 0.349 e. The van der Waals surface area contributed by atoms with Gasteiger partial charge < -0.3 is 14.1 Å². The first kappa shape index (κ1) is 17.5. The predicted molar refractivity (Wildman–Crippen MR) is 103 cm³/mol. The SMILES string of the molecule is O=C(c1cc2ccccc2oc1=O)N1CCC(OCc2ccccc2)CC1. The minimum absolute atomic E-state index is 0.0948. The minimum Gasteiger partial charge on any atom is -0.422 e. The first-order chi connectivity index (χ1) is 13.2. The largest absolute Gasteiger partial charge is 0.422 e. The van der Waals surface area contributed by atoms with E-state index in [1.807, 2.05) is 42.5 Å². The maximum absolute atomic E-state index is 12.8. The Hall–Kier alpha value is -2.92. The Morgan fingerprint density at radius 3 is 2.52 bits per heavy atom. The van der Waals surface area contributed by atoms with Crippen molar-refractivity contribution < 1.29 is 13.9 Å². The Morgan fingerprint density at radius 2 is 1.74 bits per heavy atom. The van der Waals surface area contributed by atoms with Gasteiger partial charge in [0.1, 0.15) is 11.1 Å². The molecule has 2 aromatic carbocycles. The number of nitrogens with zero attached hydrogens (tertiary/aromatic N) is 1. The van der Waals surface area contributed by atoms with Gasteiger partial charge in [0.15, 0.2) is 0 Å². The van der Waals surface area contributed by atoms with E-state index in [2.05, 4.69) is 0 Å². The van der Waals surface area contributed by atoms with Crippen molar-refractivity contribution in [3.8, 4) is 0 Å². The van der Waals surface area contributed by atoms with E-state index in [1.54, 1.807) is 23.1 Å². The summed E-state index contributed by atoms with van der Waals surface area (Å²) < 4.78 is 11.3. The first-order valence-corrected chi connectivity index (χ1v) is 9.18. The summed E-state index contributed by atoms with van der Waals surface area (Å²) in [6.45, 7) is 1.73. The molecule has 1 aromatic heterocycles. The minimum atomic E-state index is -0.582. The Balaban J connectivity index is 1.39. The summed E-state index contributed by atoms with van der Waals surface area (Å²) in [4.78, 5) is 26.7. The summed E-state index contributed by atoms with van der Waals surface area (Å²) in [5.41, 5.74) is 1.15. The molecule has 0 radical (unpaired) electrons. The predicted octanol–water partition coefficient (Wildman–Crippen LogP) is 3.61. The van der Waals surface area contributed by atoms with Gasteiger partial charge in [0, 0.05) is 18.5 Å². The van der Waals surface area contributed by atoms with Crippen LogP contribution in [0.5, 0.6) is 0 Å². The number of benzene rings is 2. The standard InChI is InChI=1S/C22H21NO4/c24-21(19-14-17-8-4-5-9-20(17)27-22(19)25)23-12-10-18(11-13-23)26-15-16-6-2-1-3-7-16/h1-9,14,18H,10-13,15H2. The second-order valence-corrected chi connectivity index (χ2v) is 6.77. The summed E-state index contributed by atoms with van der Waals surface area (Å²) in [6, 6.07) is 18.9. The molecule has 0 atom stereocenters. The average Bonchev–Trinajstić information content (AvgIpc) is 2.72. The molecular formula is C22H21NO4. The zero-order valence-corrected chi connectivity index (χ0v) is 15.0. The average molecular weight is 363 g/mol. The van der Waals surface area contributed by atoms with Crippen LogP contribution in [0.3, 0.4) is 0 Å². The zero-order valence-electron chi connectivity index (χ0n) is 15.0. The third kappa shape index (κ3) is 3.93. The molecule has 0 unspecified atom stereocenters. The number of para-hydroxylation sites is 1. The van der Waals surface area contributed by atoms with Crippen molar-refractivity contribution in [3.63, 3.8) is 0 Å². The molecular weight excluding hydrogens is 342 g/mol. The van der Waals surface area contributed by atoms with Crippen molar-refractivity contribution in [2.24, 2.45) is 0 Å². The molecule has 5 heteroatoms. The lowest BCUT2D eigenvalue weighted by Gasteiger charge is -2.31. The van der Waals surface area contributed by atoms with Gasteiger partial charge in [-0.15, -0.1) is 0 Å². The van der Waals surface area contributed by atoms with Crippen molar-refractivity contribution in [2.45, 2.75) is 25.6 Å². The molecule has 0 aliphatic carbocycles. The molecule has 1 fully saturated rings. The van der Waals surface area contributed by atoms with Crippen LogP contribution >= 0.6 is 0 Å². The van der Waals surface area contributed by atoms with E-state index in [9.17, 15) is 9.59 Å². The van der Waals surface area contributed by atoms with Crippen LogP contribution in [0.15, 0.2) is 69.9 Å². The van der Waals surface area contributed by atoms with Gasteiger partial charge in [-0.25, -0.2) is 4.79 Å². The summed E-state index contributed by atoms with van der Waals surface area (Å²) in [6.07, 6.45) is 1.65. The highest BCUT2D eigenvalue weighted by Crippen LogP contribution is 2.19. The Bertz CT molecular complexity index is 988. The van der Waals surface area contributed by atoms with Crippen LogP contribution in [0.2, 0.25) is 0 Å². The van der Waals surface area contributed by atoms with Gasteiger partial charge in [-0.1, -0.05) is 48.5 Å². The van der Waals surface area contributed by atoms with E-state index < -0.39 is 5.63 Å². The number of amides is 1. The molecule has 0 saturated carbocycles. The monoisotopic (exact) mass is 363 g/mol. The van der Waals surface area contributed by atoms with Gasteiger partial charge in [0.05, 0.1) is 12.7 Å². The van der Waals surface area contributed by atoms with Crippen LogP contribution < -0.4 is 5.63 Å². The number of fused-ring (bicyclic) bond motifs is 1. The van der Waals surface area contributed by atoms with Crippen molar-refractivity contribution in [3.05, 3.63) is 82.2 Å². The van der Waals surface area contributed by atoms with Crippen LogP contribution in [-0.4, -0.2) is 30.0 Å². The number of carbonyl (C=O) groups is 1. The molecule has 5 nitrogen and oxygen atoms in total. The van der Waals surface area contributed by atoms with Crippen molar-refractivity contribution in [1.29, 1.82) is 0 Å². The molecule has 1 amide bonds. The lowest BCUT2D eigenvalue weighted by molar-refractivity contribution is -0.000456. The maximum Gasteiger partial charge on any atom is 0.349 e. The molecule has 0 N–H and O–H groups in total. The summed E-state index contributed by atoms with van der Waals surface area (Å²) in [7, 11) is 0. The number of piperidine rings is 1. The number of ether oxygens (including phenoxy) is 1. The van der Waals surface area contributed by atoms with Crippen LogP contribution in [0.1, 0.15) is 28.8 Å². The lowest BCUT2D eigenvalue weighted by Crippen LogP contribution is -2.42. The van der Waals surface area contributed by atoms with Gasteiger partial charge in [0.25, 0.3) is 5.91 Å². The molecule has 4 rings (SSSR count). The van der Waals surface area contributed by atoms with Gasteiger partial charge >= 0.3 is 5.63 Å². The number of likely N-dealkylation sites (tertiary alicyclic amines) is 1. The second-order valence-electron chi connectivity index (χ2n) is 6.77. The highest BCUT2D eigenvalue weighted by Gasteiger charge is 2.26. The quantitative estimate of drug-likeness (QED) is 0.665. The molecule has 138 valence electrons. The fraction of sp³-hybridized carbons (Fsp3) is 0.273. The lowest BCUT2D eigenvalue weighted by atomic mass is 10.1. The molecule has 0 spiro atoms. The van der Waals surface area contributed by atoms with Gasteiger partial charge in [0.2, 0.25) is 0 Å². The molecule has 2 heterocycles. The summed E-state index contributed by atoms with van der Waals surface area (Å²) in [5.74, 6) is -0.268. The van der Waals surface area contributed by atoms with Crippen molar-refractivity contribution in [1.82, 2.24) is 4.90 Å². The van der Waals surface area contributed by atoms with Crippen LogP contribution in [0.4, 0.5) is 0 Å². The fourth-order valence-corrected chi connectivity index (χ4v) is 3.40. The van der Waals surface area contributed by atoms with Gasteiger partial charge in [-0.05, 0) is 30.5 Å². The van der Waals surface area contributed by atoms with E-state index in [0.717, 1.165) is 23.8 Å². The third-order valence-electron chi connectivity index (χ3n) is 4.93. The Kier molecular flexibility index (Phi) is 5.03. The highest BCUT2D eigenvalue weighted by atomic mass is 16.5. The Morgan fingerprint density at radius 1 is 1.04 bits per heavy atom. The van der Waals surface area contributed by atoms with E-state index in [4.69, 9.17) is 9.15 Å². The van der Waals surface area contributed by atoms with Crippen LogP contribution in [0, 0.1) is 0 Å². The van der Waals surface area contributed by atoms with Crippen molar-refractivity contribution in [2.75, 3.05) is 13.1 Å². The number of hydrogen-bond donors (Lipinski definition) is 0. The summed E-state index contributed by atoms with van der Waals surface area (Å²) in [5, 5.41) is 0.751. The maximum atomic E-state index is 12.8. The molecule has 27 heavy (non-hydrogen) atoms. The third-order valence-corrected chi connectivity index (χ3v) is 4.93. The van der Waals surface area contributed by atoms with E-state index in [1.165, 1.54) is 0 Å². The molecule has 1 aliphatic rings. The molecule has 3 aromatic rings. The normalized spacial score (nSPS) is 15.2. The zero-order chi connectivity index (χ0) is 18.6. The second kappa shape index (κ2) is 7.76. The molecule has 0 bridgehead atoms. The number of hydrogen-bond acceptors (Lipinski definition) is 4. The summed E-state index contributed by atoms with van der Waals surface area (Å²) >= 11 is 0. The number of carbonyl (C=O) groups excluding carboxylic acids is 1. The fourth-order valence-electron chi connectivity index (χ4n) is 3.40. The van der Waals surface area contributed by atoms with Gasteiger partial charge in [-0.2, -0.15) is 0 Å². The first-order valence-electron chi connectivity index (χ1n) is 9.18. The van der Waals surface area contributed by atoms with E-state index in [-0.39, 0.29) is 17.6 Å². The van der Waals surface area contributed by atoms with E-state index in [0.29, 0.717) is 25.3 Å². The highest BCUT2D eigenvalue weighted by molar-refractivity contribution is 5.96. The Labute approximate surface area is 157 Å². The topological polar surface area (TPSA) is 59.8 Å². The van der Waals surface area contributed by atoms with E-state index >= 15 is 0 Å². The van der Waals surface area contributed by atoms with Crippen LogP contribution in [0.25, 0.3) is 11.0 Å². The van der Waals surface area contributed by atoms with Gasteiger partial charge in [-0.3, -0.25) is 4.79 Å². The van der Waals surface area contributed by atoms with Crippen molar-refractivity contribution >= 4 is 16.9 Å². The molecule has 1 saturated heterocycles. The van der Waals surface area contributed by atoms with Crippen LogP contribution in [-0.2, 0) is 11.3 Å². The number of rotatable bonds is 4. The molecule has 1 aliphatic heterocycles.